The standard InChI is InChI=1S/C13H14N4O3/c14-8-10-1-2-11(15-9-10)16-3-5-17(6-4-16)12(18)7-13(19)20/h1-2,9H,3-7H2,(H,19,20). The summed E-state index contributed by atoms with van der Waals surface area (Å²) in [5.41, 5.74) is 0.504. The molecular formula is C13H14N4O3. The first-order chi connectivity index (χ1) is 9.60. The van der Waals surface area contributed by atoms with Crippen molar-refractivity contribution in [3.8, 4) is 6.07 Å². The van der Waals surface area contributed by atoms with Crippen molar-refractivity contribution >= 4 is 17.7 Å². The van der Waals surface area contributed by atoms with Gasteiger partial charge in [-0.25, -0.2) is 4.98 Å². The average Bonchev–Trinajstić information content (AvgIpc) is 2.47. The fourth-order valence-electron chi connectivity index (χ4n) is 2.07. The van der Waals surface area contributed by atoms with Crippen molar-refractivity contribution in [1.29, 1.82) is 5.26 Å². The van der Waals surface area contributed by atoms with E-state index in [4.69, 9.17) is 10.4 Å². The van der Waals surface area contributed by atoms with E-state index in [9.17, 15) is 9.59 Å². The van der Waals surface area contributed by atoms with Gasteiger partial charge in [-0.2, -0.15) is 5.26 Å². The largest absolute Gasteiger partial charge is 0.481 e. The van der Waals surface area contributed by atoms with Gasteiger partial charge >= 0.3 is 5.97 Å². The maximum atomic E-state index is 11.6. The minimum Gasteiger partial charge on any atom is -0.481 e. The van der Waals surface area contributed by atoms with Crippen molar-refractivity contribution in [3.63, 3.8) is 0 Å². The van der Waals surface area contributed by atoms with Crippen LogP contribution in [-0.4, -0.2) is 53.0 Å². The number of nitriles is 1. The Morgan fingerprint density at radius 3 is 2.50 bits per heavy atom. The highest BCUT2D eigenvalue weighted by Gasteiger charge is 2.23. The number of aliphatic carboxylic acids is 1. The smallest absolute Gasteiger partial charge is 0.312 e. The fraction of sp³-hybridized carbons (Fsp3) is 0.385. The highest BCUT2D eigenvalue weighted by atomic mass is 16.4. The molecular weight excluding hydrogens is 260 g/mol. The molecule has 1 aliphatic heterocycles. The Kier molecular flexibility index (Phi) is 4.15. The molecule has 7 nitrogen and oxygen atoms in total. The lowest BCUT2D eigenvalue weighted by Crippen LogP contribution is -2.49. The number of carboxylic acids is 1. The molecule has 1 N–H and O–H groups in total. The van der Waals surface area contributed by atoms with Gasteiger partial charge in [-0.15, -0.1) is 0 Å². The molecule has 1 aromatic heterocycles. The Hall–Kier alpha value is -2.62. The number of pyridine rings is 1. The van der Waals surface area contributed by atoms with Crippen molar-refractivity contribution in [3.05, 3.63) is 23.9 Å². The van der Waals surface area contributed by atoms with Gasteiger partial charge in [0.15, 0.2) is 0 Å². The van der Waals surface area contributed by atoms with Crippen LogP contribution < -0.4 is 4.90 Å². The maximum absolute atomic E-state index is 11.6. The summed E-state index contributed by atoms with van der Waals surface area (Å²) in [7, 11) is 0. The molecule has 0 unspecified atom stereocenters. The third-order valence-corrected chi connectivity index (χ3v) is 3.14. The molecule has 2 heterocycles. The third kappa shape index (κ3) is 3.23. The minimum atomic E-state index is -1.11. The molecule has 0 aliphatic carbocycles. The van der Waals surface area contributed by atoms with Gasteiger partial charge in [0.2, 0.25) is 5.91 Å². The predicted octanol–water partition coefficient (Wildman–Crippen LogP) is 0.0766. The van der Waals surface area contributed by atoms with Gasteiger partial charge in [0.25, 0.3) is 0 Å². The second kappa shape index (κ2) is 6.02. The zero-order valence-corrected chi connectivity index (χ0v) is 10.8. The van der Waals surface area contributed by atoms with Crippen LogP contribution in [0.15, 0.2) is 18.3 Å². The lowest BCUT2D eigenvalue weighted by Gasteiger charge is -2.35. The van der Waals surface area contributed by atoms with E-state index in [0.29, 0.717) is 31.7 Å². The molecule has 0 aromatic carbocycles. The molecule has 1 saturated heterocycles. The molecule has 1 fully saturated rings. The molecule has 7 heteroatoms. The van der Waals surface area contributed by atoms with Crippen molar-refractivity contribution in [2.75, 3.05) is 31.1 Å². The van der Waals surface area contributed by atoms with E-state index >= 15 is 0 Å². The Morgan fingerprint density at radius 1 is 1.30 bits per heavy atom. The number of anilines is 1. The molecule has 0 saturated carbocycles. The first kappa shape index (κ1) is 13.8. The quantitative estimate of drug-likeness (QED) is 0.784. The number of hydrogen-bond acceptors (Lipinski definition) is 5. The Bertz CT molecular complexity index is 542. The van der Waals surface area contributed by atoms with Crippen LogP contribution in [0.2, 0.25) is 0 Å². The zero-order chi connectivity index (χ0) is 14.5. The van der Waals surface area contributed by atoms with E-state index in [0.717, 1.165) is 5.82 Å². The lowest BCUT2D eigenvalue weighted by molar-refractivity contribution is -0.144. The highest BCUT2D eigenvalue weighted by molar-refractivity contribution is 5.93. The lowest BCUT2D eigenvalue weighted by atomic mass is 10.2. The van der Waals surface area contributed by atoms with Gasteiger partial charge in [0, 0.05) is 32.4 Å². The van der Waals surface area contributed by atoms with Crippen LogP contribution in [0.1, 0.15) is 12.0 Å². The van der Waals surface area contributed by atoms with Gasteiger partial charge in [0.1, 0.15) is 18.3 Å². The summed E-state index contributed by atoms with van der Waals surface area (Å²) in [6.45, 7) is 2.16. The fourth-order valence-corrected chi connectivity index (χ4v) is 2.07. The molecule has 1 aliphatic rings. The molecule has 20 heavy (non-hydrogen) atoms. The van der Waals surface area contributed by atoms with Crippen molar-refractivity contribution in [2.45, 2.75) is 6.42 Å². The number of rotatable bonds is 3. The normalized spacial score (nSPS) is 14.8. The summed E-state index contributed by atoms with van der Waals surface area (Å²) in [5, 5.41) is 17.3. The van der Waals surface area contributed by atoms with Crippen LogP contribution in [0.4, 0.5) is 5.82 Å². The van der Waals surface area contributed by atoms with E-state index in [2.05, 4.69) is 4.98 Å². The van der Waals surface area contributed by atoms with Gasteiger partial charge in [-0.05, 0) is 12.1 Å². The predicted molar refractivity (Wildman–Crippen MR) is 70.0 cm³/mol. The minimum absolute atomic E-state index is 0.357. The first-order valence-electron chi connectivity index (χ1n) is 6.21. The van der Waals surface area contributed by atoms with Crippen molar-refractivity contribution in [1.82, 2.24) is 9.88 Å². The van der Waals surface area contributed by atoms with Gasteiger partial charge < -0.3 is 14.9 Å². The summed E-state index contributed by atoms with van der Waals surface area (Å²) in [5.74, 6) is -0.703. The number of aromatic nitrogens is 1. The van der Waals surface area contributed by atoms with Gasteiger partial charge in [-0.1, -0.05) is 0 Å². The Morgan fingerprint density at radius 2 is 2.00 bits per heavy atom. The van der Waals surface area contributed by atoms with Crippen molar-refractivity contribution < 1.29 is 14.7 Å². The van der Waals surface area contributed by atoms with Gasteiger partial charge in [0.05, 0.1) is 5.56 Å². The second-order valence-electron chi connectivity index (χ2n) is 4.46. The molecule has 104 valence electrons. The van der Waals surface area contributed by atoms with Crippen LogP contribution in [-0.2, 0) is 9.59 Å². The van der Waals surface area contributed by atoms with Gasteiger partial charge in [-0.3, -0.25) is 9.59 Å². The summed E-state index contributed by atoms with van der Waals surface area (Å²) in [6.07, 6.45) is 1.05. The zero-order valence-electron chi connectivity index (χ0n) is 10.8. The Balaban J connectivity index is 1.92. The molecule has 0 radical (unpaired) electrons. The van der Waals surface area contributed by atoms with Crippen molar-refractivity contribution in [2.24, 2.45) is 0 Å². The summed E-state index contributed by atoms with van der Waals surface area (Å²) in [4.78, 5) is 29.9. The molecule has 1 aromatic rings. The average molecular weight is 274 g/mol. The van der Waals surface area contributed by atoms with E-state index in [-0.39, 0.29) is 5.91 Å². The number of hydrogen-bond donors (Lipinski definition) is 1. The van der Waals surface area contributed by atoms with E-state index in [1.807, 2.05) is 11.0 Å². The molecule has 1 amide bonds. The molecule has 0 bridgehead atoms. The van der Waals surface area contributed by atoms with E-state index < -0.39 is 12.4 Å². The van der Waals surface area contributed by atoms with Crippen LogP contribution in [0.5, 0.6) is 0 Å². The molecule has 0 spiro atoms. The monoisotopic (exact) mass is 274 g/mol. The number of amides is 1. The molecule has 0 atom stereocenters. The summed E-state index contributed by atoms with van der Waals surface area (Å²) < 4.78 is 0. The second-order valence-corrected chi connectivity index (χ2v) is 4.46. The third-order valence-electron chi connectivity index (χ3n) is 3.14. The number of nitrogens with zero attached hydrogens (tertiary/aromatic N) is 4. The number of carbonyl (C=O) groups excluding carboxylic acids is 1. The number of piperazine rings is 1. The highest BCUT2D eigenvalue weighted by Crippen LogP contribution is 2.14. The van der Waals surface area contributed by atoms with Crippen LogP contribution in [0.3, 0.4) is 0 Å². The maximum Gasteiger partial charge on any atom is 0.312 e. The van der Waals surface area contributed by atoms with Crippen LogP contribution in [0, 0.1) is 11.3 Å². The Labute approximate surface area is 116 Å². The van der Waals surface area contributed by atoms with E-state index in [1.54, 1.807) is 17.0 Å². The molecule has 2 rings (SSSR count). The number of carboxylic acid groups (broad SMARTS) is 1. The topological polar surface area (TPSA) is 97.5 Å². The van der Waals surface area contributed by atoms with E-state index in [1.165, 1.54) is 6.20 Å². The summed E-state index contributed by atoms with van der Waals surface area (Å²) in [6, 6.07) is 5.48. The first-order valence-corrected chi connectivity index (χ1v) is 6.21. The SMILES string of the molecule is N#Cc1ccc(N2CCN(C(=O)CC(=O)O)CC2)nc1. The number of carbonyl (C=O) groups is 2. The summed E-state index contributed by atoms with van der Waals surface area (Å²) >= 11 is 0. The van der Waals surface area contributed by atoms with Crippen LogP contribution in [0.25, 0.3) is 0 Å². The van der Waals surface area contributed by atoms with Crippen LogP contribution >= 0.6 is 0 Å².